The Morgan fingerprint density at radius 3 is 2.67 bits per heavy atom. The van der Waals surface area contributed by atoms with E-state index in [9.17, 15) is 4.39 Å². The summed E-state index contributed by atoms with van der Waals surface area (Å²) in [6, 6.07) is 5.52. The third kappa shape index (κ3) is 1.61. The largest absolute Gasteiger partial charge is 0.496 e. The molecule has 0 amide bonds. The Morgan fingerprint density at radius 2 is 2.20 bits per heavy atom. The molecule has 0 bridgehead atoms. The number of methoxy groups -OCH3 is 1. The molecule has 1 aliphatic carbocycles. The lowest BCUT2D eigenvalue weighted by Crippen LogP contribution is -2.22. The van der Waals surface area contributed by atoms with Crippen LogP contribution in [0.3, 0.4) is 0 Å². The summed E-state index contributed by atoms with van der Waals surface area (Å²) < 4.78 is 18.2. The van der Waals surface area contributed by atoms with E-state index in [0.717, 1.165) is 29.7 Å². The molecule has 0 aromatic heterocycles. The number of rotatable bonds is 4. The minimum atomic E-state index is -0.450. The average molecular weight is 209 g/mol. The molecule has 0 radical (unpaired) electrons. The van der Waals surface area contributed by atoms with Gasteiger partial charge in [-0.1, -0.05) is 12.1 Å². The summed E-state index contributed by atoms with van der Waals surface area (Å²) in [6.45, 7) is 0.120. The van der Waals surface area contributed by atoms with Crippen molar-refractivity contribution in [3.05, 3.63) is 29.3 Å². The maximum atomic E-state index is 12.9. The van der Waals surface area contributed by atoms with E-state index in [0.29, 0.717) is 6.54 Å². The van der Waals surface area contributed by atoms with E-state index < -0.39 is 6.67 Å². The van der Waals surface area contributed by atoms with Gasteiger partial charge in [0.15, 0.2) is 0 Å². The lowest BCUT2D eigenvalue weighted by Gasteiger charge is -2.19. The summed E-state index contributed by atoms with van der Waals surface area (Å²) in [5.74, 6) is 0.771. The van der Waals surface area contributed by atoms with Crippen molar-refractivity contribution >= 4 is 0 Å². The zero-order valence-electron chi connectivity index (χ0n) is 8.92. The van der Waals surface area contributed by atoms with Gasteiger partial charge in [0.2, 0.25) is 0 Å². The Hall–Kier alpha value is -1.09. The van der Waals surface area contributed by atoms with Gasteiger partial charge >= 0.3 is 0 Å². The van der Waals surface area contributed by atoms with Crippen molar-refractivity contribution in [1.29, 1.82) is 0 Å². The van der Waals surface area contributed by atoms with Crippen molar-refractivity contribution < 1.29 is 9.13 Å². The van der Waals surface area contributed by atoms with Crippen molar-refractivity contribution in [2.75, 3.05) is 13.7 Å². The van der Waals surface area contributed by atoms with Gasteiger partial charge in [-0.3, -0.25) is 0 Å². The summed E-state index contributed by atoms with van der Waals surface area (Å²) >= 11 is 0. The minimum absolute atomic E-state index is 0.0198. The van der Waals surface area contributed by atoms with Gasteiger partial charge in [-0.25, -0.2) is 4.39 Å². The fraction of sp³-hybridized carbons (Fsp3) is 0.500. The second kappa shape index (κ2) is 3.81. The highest BCUT2D eigenvalue weighted by Crippen LogP contribution is 2.51. The molecule has 1 aliphatic rings. The standard InChI is InChI=1S/C12H16FNO/c1-15-10-4-2-3-9(7-13)11(10)12(8-14)5-6-12/h2-4H,5-8,14H2,1H3. The fourth-order valence-electron chi connectivity index (χ4n) is 2.17. The molecule has 0 unspecified atom stereocenters. The number of halogens is 1. The number of ether oxygens (including phenoxy) is 1. The van der Waals surface area contributed by atoms with Crippen LogP contribution >= 0.6 is 0 Å². The third-order valence-electron chi connectivity index (χ3n) is 3.25. The summed E-state index contributed by atoms with van der Waals surface area (Å²) in [5.41, 5.74) is 7.45. The number of hydrogen-bond acceptors (Lipinski definition) is 2. The molecule has 2 nitrogen and oxygen atoms in total. The zero-order valence-corrected chi connectivity index (χ0v) is 8.92. The topological polar surface area (TPSA) is 35.2 Å². The average Bonchev–Trinajstić information content (AvgIpc) is 3.08. The monoisotopic (exact) mass is 209 g/mol. The highest BCUT2D eigenvalue weighted by atomic mass is 19.1. The van der Waals surface area contributed by atoms with Crippen LogP contribution in [0.25, 0.3) is 0 Å². The van der Waals surface area contributed by atoms with Gasteiger partial charge in [-0.05, 0) is 24.5 Å². The molecule has 0 atom stereocenters. The molecule has 2 rings (SSSR count). The minimum Gasteiger partial charge on any atom is -0.496 e. The van der Waals surface area contributed by atoms with Crippen molar-refractivity contribution in [3.8, 4) is 5.75 Å². The van der Waals surface area contributed by atoms with Gasteiger partial charge in [-0.15, -0.1) is 0 Å². The first-order valence-corrected chi connectivity index (χ1v) is 5.20. The first-order chi connectivity index (χ1) is 7.27. The summed E-state index contributed by atoms with van der Waals surface area (Å²) in [4.78, 5) is 0. The van der Waals surface area contributed by atoms with Crippen LogP contribution in [0.2, 0.25) is 0 Å². The number of alkyl halides is 1. The maximum absolute atomic E-state index is 12.9. The lowest BCUT2D eigenvalue weighted by atomic mass is 9.91. The van der Waals surface area contributed by atoms with Crippen molar-refractivity contribution in [2.45, 2.75) is 24.9 Å². The van der Waals surface area contributed by atoms with Crippen molar-refractivity contribution in [2.24, 2.45) is 5.73 Å². The fourth-order valence-corrected chi connectivity index (χ4v) is 2.17. The summed E-state index contributed by atoms with van der Waals surface area (Å²) in [5, 5.41) is 0. The predicted octanol–water partition coefficient (Wildman–Crippen LogP) is 2.16. The van der Waals surface area contributed by atoms with Crippen LogP contribution in [0.5, 0.6) is 5.75 Å². The molecule has 0 aliphatic heterocycles. The zero-order chi connectivity index (χ0) is 10.9. The Labute approximate surface area is 89.2 Å². The molecule has 1 saturated carbocycles. The van der Waals surface area contributed by atoms with Crippen molar-refractivity contribution in [1.82, 2.24) is 0 Å². The number of hydrogen-bond donors (Lipinski definition) is 1. The predicted molar refractivity (Wildman–Crippen MR) is 57.8 cm³/mol. The van der Waals surface area contributed by atoms with E-state index in [1.165, 1.54) is 0 Å². The van der Waals surface area contributed by atoms with Crippen LogP contribution < -0.4 is 10.5 Å². The van der Waals surface area contributed by atoms with E-state index in [1.807, 2.05) is 18.2 Å². The molecule has 1 fully saturated rings. The van der Waals surface area contributed by atoms with Gasteiger partial charge < -0.3 is 10.5 Å². The Morgan fingerprint density at radius 1 is 1.47 bits per heavy atom. The molecular formula is C12H16FNO. The first kappa shape index (κ1) is 10.4. The Balaban J connectivity index is 2.51. The second-order valence-corrected chi connectivity index (χ2v) is 4.11. The number of nitrogens with two attached hydrogens (primary N) is 1. The lowest BCUT2D eigenvalue weighted by molar-refractivity contribution is 0.399. The van der Waals surface area contributed by atoms with Crippen LogP contribution in [-0.4, -0.2) is 13.7 Å². The molecule has 3 heteroatoms. The van der Waals surface area contributed by atoms with E-state index in [1.54, 1.807) is 7.11 Å². The second-order valence-electron chi connectivity index (χ2n) is 4.11. The van der Waals surface area contributed by atoms with E-state index in [2.05, 4.69) is 0 Å². The van der Waals surface area contributed by atoms with E-state index in [-0.39, 0.29) is 5.41 Å². The molecule has 1 aromatic rings. The van der Waals surface area contributed by atoms with Gasteiger partial charge in [-0.2, -0.15) is 0 Å². The SMILES string of the molecule is COc1cccc(CF)c1C1(CN)CC1. The number of benzene rings is 1. The summed E-state index contributed by atoms with van der Waals surface area (Å²) in [7, 11) is 1.62. The van der Waals surface area contributed by atoms with Crippen molar-refractivity contribution in [3.63, 3.8) is 0 Å². The quantitative estimate of drug-likeness (QED) is 0.824. The molecule has 15 heavy (non-hydrogen) atoms. The Kier molecular flexibility index (Phi) is 2.65. The van der Waals surface area contributed by atoms with Crippen LogP contribution in [0.15, 0.2) is 18.2 Å². The molecular weight excluding hydrogens is 193 g/mol. The normalized spacial score (nSPS) is 17.5. The maximum Gasteiger partial charge on any atom is 0.123 e. The highest BCUT2D eigenvalue weighted by Gasteiger charge is 2.46. The first-order valence-electron chi connectivity index (χ1n) is 5.20. The van der Waals surface area contributed by atoms with E-state index in [4.69, 9.17) is 10.5 Å². The van der Waals surface area contributed by atoms with Gasteiger partial charge in [0, 0.05) is 17.5 Å². The Bertz CT molecular complexity index is 338. The summed E-state index contributed by atoms with van der Waals surface area (Å²) in [6.07, 6.45) is 2.08. The molecule has 0 saturated heterocycles. The van der Waals surface area contributed by atoms with Crippen LogP contribution in [-0.2, 0) is 12.1 Å². The van der Waals surface area contributed by atoms with Gasteiger partial charge in [0.05, 0.1) is 7.11 Å². The smallest absolute Gasteiger partial charge is 0.123 e. The van der Waals surface area contributed by atoms with Crippen LogP contribution in [0, 0.1) is 0 Å². The van der Waals surface area contributed by atoms with Gasteiger partial charge in [0.25, 0.3) is 0 Å². The molecule has 0 heterocycles. The highest BCUT2D eigenvalue weighted by molar-refractivity contribution is 5.48. The van der Waals surface area contributed by atoms with Crippen LogP contribution in [0.4, 0.5) is 4.39 Å². The third-order valence-corrected chi connectivity index (χ3v) is 3.25. The van der Waals surface area contributed by atoms with E-state index >= 15 is 0 Å². The molecule has 2 N–H and O–H groups in total. The van der Waals surface area contributed by atoms with Gasteiger partial charge in [0.1, 0.15) is 12.4 Å². The van der Waals surface area contributed by atoms with Crippen LogP contribution in [0.1, 0.15) is 24.0 Å². The molecule has 1 aromatic carbocycles. The molecule has 82 valence electrons. The molecule has 0 spiro atoms.